The first-order chi connectivity index (χ1) is 8.93. The molecule has 0 amide bonds. The number of sulfonamides is 1. The summed E-state index contributed by atoms with van der Waals surface area (Å²) in [4.78, 5) is 2.53. The highest BCUT2D eigenvalue weighted by Crippen LogP contribution is 2.21. The second-order valence-corrected chi connectivity index (χ2v) is 7.19. The summed E-state index contributed by atoms with van der Waals surface area (Å²) in [6.45, 7) is 2.02. The van der Waals surface area contributed by atoms with Crippen molar-refractivity contribution in [1.29, 1.82) is 0 Å². The van der Waals surface area contributed by atoms with E-state index in [1.807, 2.05) is 19.2 Å². The van der Waals surface area contributed by atoms with Gasteiger partial charge in [-0.25, -0.2) is 12.7 Å². The van der Waals surface area contributed by atoms with Crippen molar-refractivity contribution < 1.29 is 8.42 Å². The first kappa shape index (κ1) is 14.3. The van der Waals surface area contributed by atoms with Crippen LogP contribution in [0.5, 0.6) is 0 Å². The highest BCUT2D eigenvalue weighted by Gasteiger charge is 2.21. The zero-order chi connectivity index (χ0) is 14.0. The van der Waals surface area contributed by atoms with Crippen LogP contribution in [-0.4, -0.2) is 53.0 Å². The van der Waals surface area contributed by atoms with Gasteiger partial charge in [0.2, 0.25) is 10.0 Å². The highest BCUT2D eigenvalue weighted by molar-refractivity contribution is 7.89. The highest BCUT2D eigenvalue weighted by atomic mass is 32.2. The second kappa shape index (κ2) is 5.48. The predicted molar refractivity (Wildman–Crippen MR) is 77.0 cm³/mol. The fourth-order valence-corrected chi connectivity index (χ4v) is 3.15. The van der Waals surface area contributed by atoms with Crippen molar-refractivity contribution in [1.82, 2.24) is 9.62 Å². The van der Waals surface area contributed by atoms with Gasteiger partial charge in [-0.1, -0.05) is 0 Å². The summed E-state index contributed by atoms with van der Waals surface area (Å²) in [5.41, 5.74) is 1.05. The summed E-state index contributed by atoms with van der Waals surface area (Å²) >= 11 is 0. The standard InChI is InChI=1S/C13H21N3O2S/c1-15(2)19(17,18)13-6-4-11(5-7-13)16(3)12-8-9-14-10-12/h4-7,12,14H,8-10H2,1-3H3. The van der Waals surface area contributed by atoms with Crippen molar-refractivity contribution in [3.8, 4) is 0 Å². The molecule has 1 aliphatic rings. The quantitative estimate of drug-likeness (QED) is 0.885. The molecular weight excluding hydrogens is 262 g/mol. The largest absolute Gasteiger partial charge is 0.370 e. The molecule has 0 aromatic heterocycles. The van der Waals surface area contributed by atoms with E-state index in [1.165, 1.54) is 4.31 Å². The van der Waals surface area contributed by atoms with Crippen molar-refractivity contribution in [2.24, 2.45) is 0 Å². The predicted octanol–water partition coefficient (Wildman–Crippen LogP) is 0.735. The summed E-state index contributed by atoms with van der Waals surface area (Å²) in [6.07, 6.45) is 1.12. The smallest absolute Gasteiger partial charge is 0.242 e. The molecule has 1 atom stereocenters. The number of anilines is 1. The molecule has 0 spiro atoms. The molecule has 1 unspecified atom stereocenters. The Morgan fingerprint density at radius 3 is 2.26 bits per heavy atom. The van der Waals surface area contributed by atoms with Crippen LogP contribution in [0, 0.1) is 0 Å². The van der Waals surface area contributed by atoms with E-state index >= 15 is 0 Å². The minimum Gasteiger partial charge on any atom is -0.370 e. The Morgan fingerprint density at radius 2 is 1.79 bits per heavy atom. The Balaban J connectivity index is 2.19. The van der Waals surface area contributed by atoms with E-state index < -0.39 is 10.0 Å². The average Bonchev–Trinajstić information content (AvgIpc) is 2.91. The van der Waals surface area contributed by atoms with E-state index in [1.54, 1.807) is 26.2 Å². The molecule has 0 radical (unpaired) electrons. The molecule has 2 rings (SSSR count). The maximum absolute atomic E-state index is 12.0. The molecule has 0 saturated carbocycles. The van der Waals surface area contributed by atoms with Gasteiger partial charge in [-0.15, -0.1) is 0 Å². The second-order valence-electron chi connectivity index (χ2n) is 5.04. The Hall–Kier alpha value is -1.11. The minimum absolute atomic E-state index is 0.333. The van der Waals surface area contributed by atoms with Gasteiger partial charge in [-0.05, 0) is 37.2 Å². The van der Waals surface area contributed by atoms with Crippen LogP contribution < -0.4 is 10.2 Å². The SMILES string of the molecule is CN(c1ccc(S(=O)(=O)N(C)C)cc1)C1CCNC1. The van der Waals surface area contributed by atoms with Crippen LogP contribution in [-0.2, 0) is 10.0 Å². The number of hydrogen-bond donors (Lipinski definition) is 1. The van der Waals surface area contributed by atoms with Gasteiger partial charge in [0, 0.05) is 39.4 Å². The van der Waals surface area contributed by atoms with Gasteiger partial charge in [-0.3, -0.25) is 0 Å². The van der Waals surface area contributed by atoms with Crippen LogP contribution in [0.1, 0.15) is 6.42 Å². The number of nitrogens with one attached hydrogen (secondary N) is 1. The lowest BCUT2D eigenvalue weighted by Gasteiger charge is -2.26. The fourth-order valence-electron chi connectivity index (χ4n) is 2.24. The average molecular weight is 283 g/mol. The summed E-state index contributed by atoms with van der Waals surface area (Å²) < 4.78 is 25.2. The number of nitrogens with zero attached hydrogens (tertiary/aromatic N) is 2. The lowest BCUT2D eigenvalue weighted by Crippen LogP contribution is -2.33. The van der Waals surface area contributed by atoms with Gasteiger partial charge in [-0.2, -0.15) is 0 Å². The summed E-state index contributed by atoms with van der Waals surface area (Å²) in [5.74, 6) is 0. The molecule has 1 aliphatic heterocycles. The molecule has 1 heterocycles. The Kier molecular flexibility index (Phi) is 4.13. The molecule has 0 bridgehead atoms. The lowest BCUT2D eigenvalue weighted by molar-refractivity contribution is 0.521. The molecule has 1 fully saturated rings. The van der Waals surface area contributed by atoms with E-state index in [-0.39, 0.29) is 0 Å². The van der Waals surface area contributed by atoms with Crippen molar-refractivity contribution in [2.45, 2.75) is 17.4 Å². The van der Waals surface area contributed by atoms with Crippen LogP contribution in [0.4, 0.5) is 5.69 Å². The topological polar surface area (TPSA) is 52.7 Å². The van der Waals surface area contributed by atoms with Gasteiger partial charge in [0.05, 0.1) is 4.90 Å². The third-order valence-corrected chi connectivity index (χ3v) is 5.43. The van der Waals surface area contributed by atoms with Crippen LogP contribution in [0.2, 0.25) is 0 Å². The van der Waals surface area contributed by atoms with E-state index in [9.17, 15) is 8.42 Å². The van der Waals surface area contributed by atoms with Crippen molar-refractivity contribution in [3.63, 3.8) is 0 Å². The molecule has 6 heteroatoms. The first-order valence-corrected chi connectivity index (χ1v) is 7.83. The molecular formula is C13H21N3O2S. The summed E-state index contributed by atoms with van der Waals surface area (Å²) in [5, 5.41) is 3.33. The van der Waals surface area contributed by atoms with Crippen LogP contribution in [0.3, 0.4) is 0 Å². The molecule has 1 saturated heterocycles. The van der Waals surface area contributed by atoms with Gasteiger partial charge < -0.3 is 10.2 Å². The van der Waals surface area contributed by atoms with Gasteiger partial charge >= 0.3 is 0 Å². The molecule has 5 nitrogen and oxygen atoms in total. The van der Waals surface area contributed by atoms with Crippen molar-refractivity contribution in [3.05, 3.63) is 24.3 Å². The monoisotopic (exact) mass is 283 g/mol. The van der Waals surface area contributed by atoms with Crippen LogP contribution >= 0.6 is 0 Å². The van der Waals surface area contributed by atoms with Crippen LogP contribution in [0.15, 0.2) is 29.2 Å². The minimum atomic E-state index is -3.34. The van der Waals surface area contributed by atoms with E-state index in [0.29, 0.717) is 10.9 Å². The molecule has 0 aliphatic carbocycles. The normalized spacial score (nSPS) is 19.9. The van der Waals surface area contributed by atoms with E-state index in [2.05, 4.69) is 10.2 Å². The molecule has 1 aromatic rings. The van der Waals surface area contributed by atoms with Crippen molar-refractivity contribution >= 4 is 15.7 Å². The zero-order valence-corrected chi connectivity index (χ0v) is 12.4. The molecule has 19 heavy (non-hydrogen) atoms. The van der Waals surface area contributed by atoms with E-state index in [0.717, 1.165) is 25.2 Å². The Labute approximate surface area is 115 Å². The summed E-state index contributed by atoms with van der Waals surface area (Å²) in [6, 6.07) is 7.56. The lowest BCUT2D eigenvalue weighted by atomic mass is 10.2. The van der Waals surface area contributed by atoms with Gasteiger partial charge in [0.15, 0.2) is 0 Å². The Morgan fingerprint density at radius 1 is 1.16 bits per heavy atom. The molecule has 1 aromatic carbocycles. The number of benzene rings is 1. The van der Waals surface area contributed by atoms with Gasteiger partial charge in [0.25, 0.3) is 0 Å². The van der Waals surface area contributed by atoms with Crippen LogP contribution in [0.25, 0.3) is 0 Å². The van der Waals surface area contributed by atoms with E-state index in [4.69, 9.17) is 0 Å². The van der Waals surface area contributed by atoms with Gasteiger partial charge in [0.1, 0.15) is 0 Å². The zero-order valence-electron chi connectivity index (χ0n) is 11.6. The third kappa shape index (κ3) is 2.91. The maximum Gasteiger partial charge on any atom is 0.242 e. The van der Waals surface area contributed by atoms with Crippen molar-refractivity contribution in [2.75, 3.05) is 39.1 Å². The Bertz CT molecular complexity index is 519. The first-order valence-electron chi connectivity index (χ1n) is 6.39. The molecule has 106 valence electrons. The summed E-state index contributed by atoms with van der Waals surface area (Å²) in [7, 11) is 1.80. The number of rotatable bonds is 4. The number of hydrogen-bond acceptors (Lipinski definition) is 4. The third-order valence-electron chi connectivity index (χ3n) is 3.60. The molecule has 1 N–H and O–H groups in total. The maximum atomic E-state index is 12.0. The number of likely N-dealkylation sites (N-methyl/N-ethyl adjacent to an activating group) is 1. The fraction of sp³-hybridized carbons (Fsp3) is 0.538.